The van der Waals surface area contributed by atoms with Crippen molar-refractivity contribution < 1.29 is 19.1 Å². The third-order valence-electron chi connectivity index (χ3n) is 5.06. The molecule has 6 heteroatoms. The summed E-state index contributed by atoms with van der Waals surface area (Å²) < 4.78 is 10.6. The number of carbonyl (C=O) groups is 2. The van der Waals surface area contributed by atoms with E-state index in [1.165, 1.54) is 0 Å². The Kier molecular flexibility index (Phi) is 6.19. The van der Waals surface area contributed by atoms with Gasteiger partial charge in [-0.1, -0.05) is 30.3 Å². The summed E-state index contributed by atoms with van der Waals surface area (Å²) in [6.07, 6.45) is 0.208. The Labute approximate surface area is 165 Å². The lowest BCUT2D eigenvalue weighted by Gasteiger charge is -2.25. The van der Waals surface area contributed by atoms with Crippen LogP contribution in [0.2, 0.25) is 0 Å². The molecule has 3 rings (SSSR count). The second-order valence-corrected chi connectivity index (χ2v) is 6.78. The molecule has 1 heterocycles. The molecule has 28 heavy (non-hydrogen) atoms. The first-order chi connectivity index (χ1) is 13.6. The molecule has 0 unspecified atom stereocenters. The van der Waals surface area contributed by atoms with Crippen molar-refractivity contribution in [1.29, 1.82) is 0 Å². The molecule has 1 saturated heterocycles. The molecule has 1 aliphatic rings. The number of nitrogens with zero attached hydrogens (tertiary/aromatic N) is 2. The van der Waals surface area contributed by atoms with Crippen LogP contribution < -0.4 is 14.4 Å². The van der Waals surface area contributed by atoms with Gasteiger partial charge in [0.05, 0.1) is 25.8 Å². The Morgan fingerprint density at radius 3 is 2.54 bits per heavy atom. The smallest absolute Gasteiger partial charge is 0.228 e. The first-order valence-corrected chi connectivity index (χ1v) is 9.42. The minimum absolute atomic E-state index is 0.00896. The van der Waals surface area contributed by atoms with E-state index in [-0.39, 0.29) is 24.2 Å². The van der Waals surface area contributed by atoms with E-state index in [4.69, 9.17) is 9.47 Å². The molecular weight excluding hydrogens is 356 g/mol. The summed E-state index contributed by atoms with van der Waals surface area (Å²) in [5.74, 6) is 0.785. The molecule has 2 aromatic rings. The minimum atomic E-state index is -0.358. The highest BCUT2D eigenvalue weighted by Crippen LogP contribution is 2.36. The summed E-state index contributed by atoms with van der Waals surface area (Å²) in [6.45, 7) is 3.46. The van der Waals surface area contributed by atoms with E-state index in [1.54, 1.807) is 37.3 Å². The normalized spacial score (nSPS) is 16.2. The highest BCUT2D eigenvalue weighted by atomic mass is 16.5. The average molecular weight is 382 g/mol. The molecule has 1 atom stereocenters. The van der Waals surface area contributed by atoms with Crippen molar-refractivity contribution in [3.63, 3.8) is 0 Å². The topological polar surface area (TPSA) is 59.1 Å². The number of hydrogen-bond acceptors (Lipinski definition) is 4. The largest absolute Gasteiger partial charge is 0.497 e. The molecule has 0 bridgehead atoms. The fourth-order valence-electron chi connectivity index (χ4n) is 3.52. The molecule has 6 nitrogen and oxygen atoms in total. The van der Waals surface area contributed by atoms with Crippen LogP contribution in [0.15, 0.2) is 48.5 Å². The van der Waals surface area contributed by atoms with E-state index < -0.39 is 0 Å². The maximum atomic E-state index is 13.1. The second-order valence-electron chi connectivity index (χ2n) is 6.78. The summed E-state index contributed by atoms with van der Waals surface area (Å²) in [6, 6.07) is 15.2. The number of carbonyl (C=O) groups excluding carboxylic acids is 2. The molecule has 0 N–H and O–H groups in total. The summed E-state index contributed by atoms with van der Waals surface area (Å²) in [5, 5.41) is 0. The van der Waals surface area contributed by atoms with E-state index in [0.717, 1.165) is 5.56 Å². The Balaban J connectivity index is 1.75. The molecule has 148 valence electrons. The van der Waals surface area contributed by atoms with Crippen molar-refractivity contribution in [2.24, 2.45) is 5.92 Å². The van der Waals surface area contributed by atoms with Crippen LogP contribution in [0.1, 0.15) is 18.9 Å². The zero-order valence-electron chi connectivity index (χ0n) is 16.6. The van der Waals surface area contributed by atoms with E-state index in [2.05, 4.69) is 0 Å². The lowest BCUT2D eigenvalue weighted by molar-refractivity contribution is -0.136. The fourth-order valence-corrected chi connectivity index (χ4v) is 3.52. The predicted molar refractivity (Wildman–Crippen MR) is 108 cm³/mol. The highest BCUT2D eigenvalue weighted by Gasteiger charge is 2.38. The van der Waals surface area contributed by atoms with Gasteiger partial charge >= 0.3 is 0 Å². The van der Waals surface area contributed by atoms with Gasteiger partial charge in [-0.2, -0.15) is 0 Å². The zero-order chi connectivity index (χ0) is 20.1. The predicted octanol–water partition coefficient (Wildman–Crippen LogP) is 3.11. The van der Waals surface area contributed by atoms with Crippen molar-refractivity contribution in [3.05, 3.63) is 54.1 Å². The van der Waals surface area contributed by atoms with Gasteiger partial charge in [-0.25, -0.2) is 0 Å². The summed E-state index contributed by atoms with van der Waals surface area (Å²) in [7, 11) is 3.14. The van der Waals surface area contributed by atoms with Crippen molar-refractivity contribution in [3.8, 4) is 11.5 Å². The van der Waals surface area contributed by atoms with Gasteiger partial charge in [-0.15, -0.1) is 0 Å². The van der Waals surface area contributed by atoms with Crippen molar-refractivity contribution in [2.75, 3.05) is 32.2 Å². The van der Waals surface area contributed by atoms with E-state index in [0.29, 0.717) is 36.8 Å². The Hall–Kier alpha value is -3.02. The number of rotatable bonds is 7. The standard InChI is InChI=1S/C22H26N2O4/c1-4-23(14-16-8-6-5-7-9-16)22(26)17-12-21(25)24(15-17)19-11-10-18(27-2)13-20(19)28-3/h5-11,13,17H,4,12,14-15H2,1-3H3/t17-/m1/s1. The number of ether oxygens (including phenoxy) is 2. The van der Waals surface area contributed by atoms with Gasteiger partial charge in [0.25, 0.3) is 0 Å². The minimum Gasteiger partial charge on any atom is -0.497 e. The van der Waals surface area contributed by atoms with Crippen molar-refractivity contribution in [1.82, 2.24) is 4.90 Å². The third kappa shape index (κ3) is 4.11. The second kappa shape index (κ2) is 8.78. The van der Waals surface area contributed by atoms with Crippen LogP contribution in [-0.2, 0) is 16.1 Å². The van der Waals surface area contributed by atoms with Gasteiger partial charge in [-0.3, -0.25) is 9.59 Å². The third-order valence-corrected chi connectivity index (χ3v) is 5.06. The lowest BCUT2D eigenvalue weighted by atomic mass is 10.1. The molecule has 2 amide bonds. The first kappa shape index (κ1) is 19.7. The van der Waals surface area contributed by atoms with Crippen LogP contribution in [0.3, 0.4) is 0 Å². The van der Waals surface area contributed by atoms with Crippen LogP contribution in [0, 0.1) is 5.92 Å². The van der Waals surface area contributed by atoms with Crippen LogP contribution in [0.5, 0.6) is 11.5 Å². The van der Waals surface area contributed by atoms with E-state index >= 15 is 0 Å². The van der Waals surface area contributed by atoms with Gasteiger partial charge < -0.3 is 19.3 Å². The van der Waals surface area contributed by atoms with E-state index in [1.807, 2.05) is 42.2 Å². The first-order valence-electron chi connectivity index (χ1n) is 9.42. The number of methoxy groups -OCH3 is 2. The number of anilines is 1. The van der Waals surface area contributed by atoms with Gasteiger partial charge in [0, 0.05) is 32.1 Å². The Morgan fingerprint density at radius 1 is 1.14 bits per heavy atom. The molecule has 0 radical (unpaired) electrons. The number of amides is 2. The molecule has 1 fully saturated rings. The summed E-state index contributed by atoms with van der Waals surface area (Å²) in [5.41, 5.74) is 1.74. The molecule has 0 aromatic heterocycles. The van der Waals surface area contributed by atoms with Crippen molar-refractivity contribution >= 4 is 17.5 Å². The maximum Gasteiger partial charge on any atom is 0.228 e. The average Bonchev–Trinajstić information content (AvgIpc) is 3.13. The van der Waals surface area contributed by atoms with Crippen LogP contribution >= 0.6 is 0 Å². The maximum absolute atomic E-state index is 13.1. The van der Waals surface area contributed by atoms with Crippen molar-refractivity contribution in [2.45, 2.75) is 19.9 Å². The molecule has 2 aromatic carbocycles. The quantitative estimate of drug-likeness (QED) is 0.738. The Bertz CT molecular complexity index is 838. The van der Waals surface area contributed by atoms with Crippen LogP contribution in [0.4, 0.5) is 5.69 Å². The van der Waals surface area contributed by atoms with Gasteiger partial charge in [0.15, 0.2) is 0 Å². The van der Waals surface area contributed by atoms with Gasteiger partial charge in [-0.05, 0) is 24.6 Å². The molecule has 1 aliphatic heterocycles. The SMILES string of the molecule is CCN(Cc1ccccc1)C(=O)[C@@H]1CC(=O)N(c2ccc(OC)cc2OC)C1. The zero-order valence-corrected chi connectivity index (χ0v) is 16.6. The lowest BCUT2D eigenvalue weighted by Crippen LogP contribution is -2.37. The van der Waals surface area contributed by atoms with Gasteiger partial charge in [0.1, 0.15) is 11.5 Å². The van der Waals surface area contributed by atoms with Crippen LogP contribution in [0.25, 0.3) is 0 Å². The summed E-state index contributed by atoms with van der Waals surface area (Å²) >= 11 is 0. The van der Waals surface area contributed by atoms with Gasteiger partial charge in [0.2, 0.25) is 11.8 Å². The molecular formula is C22H26N2O4. The fraction of sp³-hybridized carbons (Fsp3) is 0.364. The molecule has 0 aliphatic carbocycles. The summed E-state index contributed by atoms with van der Waals surface area (Å²) in [4.78, 5) is 29.1. The van der Waals surface area contributed by atoms with Crippen LogP contribution in [-0.4, -0.2) is 44.0 Å². The molecule has 0 saturated carbocycles. The molecule has 0 spiro atoms. The monoisotopic (exact) mass is 382 g/mol. The number of hydrogen-bond donors (Lipinski definition) is 0. The highest BCUT2D eigenvalue weighted by molar-refractivity contribution is 6.01. The number of benzene rings is 2. The Morgan fingerprint density at radius 2 is 1.89 bits per heavy atom. The van der Waals surface area contributed by atoms with E-state index in [9.17, 15) is 9.59 Å².